The molecule has 0 aliphatic heterocycles. The summed E-state index contributed by atoms with van der Waals surface area (Å²) < 4.78 is 19.9. The number of hydrogen-bond donors (Lipinski definition) is 0. The van der Waals surface area contributed by atoms with E-state index in [1.807, 2.05) is 25.1 Å². The summed E-state index contributed by atoms with van der Waals surface area (Å²) in [7, 11) is 0. The fourth-order valence-corrected chi connectivity index (χ4v) is 2.69. The van der Waals surface area contributed by atoms with E-state index in [0.717, 1.165) is 21.3 Å². The van der Waals surface area contributed by atoms with Crippen molar-refractivity contribution in [2.75, 3.05) is 6.61 Å². The normalized spacial score (nSPS) is 12.2. The Morgan fingerprint density at radius 3 is 2.65 bits per heavy atom. The Bertz CT molecular complexity index is 615. The van der Waals surface area contributed by atoms with Crippen LogP contribution in [0.5, 0.6) is 5.75 Å². The number of hydrogen-bond acceptors (Lipinski definition) is 1. The second-order valence-electron chi connectivity index (χ2n) is 4.49. The Labute approximate surface area is 131 Å². The molecule has 1 nitrogen and oxygen atoms in total. The number of halogens is 3. The van der Waals surface area contributed by atoms with E-state index in [1.165, 1.54) is 6.07 Å². The summed E-state index contributed by atoms with van der Waals surface area (Å²) in [5.74, 6) is 0.523. The first-order valence-corrected chi connectivity index (χ1v) is 7.58. The van der Waals surface area contributed by atoms with Crippen molar-refractivity contribution in [2.24, 2.45) is 0 Å². The number of alkyl halides is 1. The molecule has 0 aromatic heterocycles. The molecule has 1 atom stereocenters. The van der Waals surface area contributed by atoms with Gasteiger partial charge in [0.1, 0.15) is 11.6 Å². The van der Waals surface area contributed by atoms with Crippen molar-refractivity contribution in [3.05, 3.63) is 63.4 Å². The molecule has 0 radical (unpaired) electrons. The molecule has 0 saturated carbocycles. The number of ether oxygens (including phenoxy) is 1. The summed E-state index contributed by atoms with van der Waals surface area (Å²) in [6, 6.07) is 10.6. The van der Waals surface area contributed by atoms with E-state index in [-0.39, 0.29) is 11.2 Å². The number of rotatable bonds is 4. The molecule has 0 aliphatic carbocycles. The fraction of sp³-hybridized carbons (Fsp3) is 0.250. The molecule has 0 spiro atoms. The second kappa shape index (κ2) is 6.59. The summed E-state index contributed by atoms with van der Waals surface area (Å²) >= 11 is 9.99. The Morgan fingerprint density at radius 1 is 1.25 bits per heavy atom. The summed E-state index contributed by atoms with van der Waals surface area (Å²) in [5, 5.41) is -0.381. The number of aryl methyl sites for hydroxylation is 1. The first-order valence-electron chi connectivity index (χ1n) is 6.35. The molecule has 0 fully saturated rings. The lowest BCUT2D eigenvalue weighted by molar-refractivity contribution is 0.337. The third kappa shape index (κ3) is 3.33. The summed E-state index contributed by atoms with van der Waals surface area (Å²) in [5.41, 5.74) is 2.31. The monoisotopic (exact) mass is 356 g/mol. The van der Waals surface area contributed by atoms with Crippen molar-refractivity contribution < 1.29 is 9.13 Å². The van der Waals surface area contributed by atoms with Gasteiger partial charge in [-0.05, 0) is 49.2 Å². The standard InChI is InChI=1S/C16H15BrClFO/c1-3-20-15-7-5-12(17)9-13(15)16(18)11-4-6-14(19)10(2)8-11/h4-9,16H,3H2,1-2H3. The van der Waals surface area contributed by atoms with Crippen molar-refractivity contribution in [2.45, 2.75) is 19.2 Å². The molecule has 2 aromatic rings. The van der Waals surface area contributed by atoms with Gasteiger partial charge >= 0.3 is 0 Å². The zero-order valence-electron chi connectivity index (χ0n) is 11.3. The third-order valence-corrected chi connectivity index (χ3v) is 4.00. The van der Waals surface area contributed by atoms with Crippen LogP contribution in [-0.4, -0.2) is 6.61 Å². The van der Waals surface area contributed by atoms with Crippen molar-refractivity contribution in [3.8, 4) is 5.75 Å². The predicted molar refractivity (Wildman–Crippen MR) is 84.1 cm³/mol. The molecule has 0 heterocycles. The van der Waals surface area contributed by atoms with E-state index in [9.17, 15) is 4.39 Å². The maximum atomic E-state index is 13.4. The summed E-state index contributed by atoms with van der Waals surface area (Å²) in [4.78, 5) is 0. The minimum absolute atomic E-state index is 0.225. The van der Waals surface area contributed by atoms with E-state index < -0.39 is 0 Å². The maximum Gasteiger partial charge on any atom is 0.126 e. The van der Waals surface area contributed by atoms with E-state index in [2.05, 4.69) is 15.9 Å². The molecule has 2 aromatic carbocycles. The van der Waals surface area contributed by atoms with E-state index in [0.29, 0.717) is 12.2 Å². The van der Waals surface area contributed by atoms with Gasteiger partial charge in [0.05, 0.1) is 12.0 Å². The summed E-state index contributed by atoms with van der Waals surface area (Å²) in [6.45, 7) is 4.23. The van der Waals surface area contributed by atoms with Gasteiger partial charge in [-0.1, -0.05) is 28.1 Å². The van der Waals surface area contributed by atoms with Crippen LogP contribution in [0, 0.1) is 12.7 Å². The van der Waals surface area contributed by atoms with E-state index >= 15 is 0 Å². The van der Waals surface area contributed by atoms with Crippen LogP contribution >= 0.6 is 27.5 Å². The lowest BCUT2D eigenvalue weighted by Crippen LogP contribution is -2.01. The van der Waals surface area contributed by atoms with Crippen molar-refractivity contribution in [1.29, 1.82) is 0 Å². The Kier molecular flexibility index (Phi) is 5.06. The summed E-state index contributed by atoms with van der Waals surface area (Å²) in [6.07, 6.45) is 0. The zero-order valence-corrected chi connectivity index (χ0v) is 13.6. The molecular formula is C16H15BrClFO. The SMILES string of the molecule is CCOc1ccc(Br)cc1C(Cl)c1ccc(F)c(C)c1. The molecule has 0 saturated heterocycles. The van der Waals surface area contributed by atoms with E-state index in [4.69, 9.17) is 16.3 Å². The highest BCUT2D eigenvalue weighted by molar-refractivity contribution is 9.10. The zero-order chi connectivity index (χ0) is 14.7. The highest BCUT2D eigenvalue weighted by Gasteiger charge is 2.17. The minimum atomic E-state index is -0.381. The molecule has 0 bridgehead atoms. The van der Waals surface area contributed by atoms with E-state index in [1.54, 1.807) is 19.1 Å². The highest BCUT2D eigenvalue weighted by Crippen LogP contribution is 2.37. The quantitative estimate of drug-likeness (QED) is 0.645. The number of benzene rings is 2. The van der Waals surface area contributed by atoms with Crippen LogP contribution in [0.4, 0.5) is 4.39 Å². The van der Waals surface area contributed by atoms with Gasteiger partial charge in [0.25, 0.3) is 0 Å². The molecule has 20 heavy (non-hydrogen) atoms. The van der Waals surface area contributed by atoms with Gasteiger partial charge in [-0.2, -0.15) is 0 Å². The van der Waals surface area contributed by atoms with Gasteiger partial charge in [-0.25, -0.2) is 4.39 Å². The van der Waals surface area contributed by atoms with Crippen LogP contribution < -0.4 is 4.74 Å². The molecule has 106 valence electrons. The van der Waals surface area contributed by atoms with Crippen molar-refractivity contribution in [1.82, 2.24) is 0 Å². The van der Waals surface area contributed by atoms with Crippen LogP contribution in [0.2, 0.25) is 0 Å². The lowest BCUT2D eigenvalue weighted by Gasteiger charge is -2.16. The van der Waals surface area contributed by atoms with Gasteiger partial charge in [-0.15, -0.1) is 11.6 Å². The molecule has 2 rings (SSSR count). The first kappa shape index (κ1) is 15.3. The Hall–Kier alpha value is -1.06. The van der Waals surface area contributed by atoms with Crippen LogP contribution in [0.1, 0.15) is 29.0 Å². The predicted octanol–water partition coefficient (Wildman–Crippen LogP) is 5.62. The van der Waals surface area contributed by atoms with Crippen molar-refractivity contribution in [3.63, 3.8) is 0 Å². The van der Waals surface area contributed by atoms with Gasteiger partial charge in [0.15, 0.2) is 0 Å². The van der Waals surface area contributed by atoms with Crippen LogP contribution in [0.15, 0.2) is 40.9 Å². The van der Waals surface area contributed by atoms with Crippen LogP contribution in [-0.2, 0) is 0 Å². The average molecular weight is 358 g/mol. The van der Waals surface area contributed by atoms with Crippen LogP contribution in [0.25, 0.3) is 0 Å². The largest absolute Gasteiger partial charge is 0.494 e. The highest BCUT2D eigenvalue weighted by atomic mass is 79.9. The van der Waals surface area contributed by atoms with Crippen molar-refractivity contribution >= 4 is 27.5 Å². The molecule has 1 unspecified atom stereocenters. The molecule has 0 aliphatic rings. The lowest BCUT2D eigenvalue weighted by atomic mass is 10.0. The molecule has 0 N–H and O–H groups in total. The third-order valence-electron chi connectivity index (χ3n) is 3.02. The smallest absolute Gasteiger partial charge is 0.126 e. The fourth-order valence-electron chi connectivity index (χ4n) is 2.01. The average Bonchev–Trinajstić information content (AvgIpc) is 2.43. The van der Waals surface area contributed by atoms with Crippen LogP contribution in [0.3, 0.4) is 0 Å². The molecular weight excluding hydrogens is 343 g/mol. The molecule has 0 amide bonds. The van der Waals surface area contributed by atoms with Gasteiger partial charge < -0.3 is 4.74 Å². The molecule has 4 heteroatoms. The van der Waals surface area contributed by atoms with Gasteiger partial charge in [0, 0.05) is 10.0 Å². The topological polar surface area (TPSA) is 9.23 Å². The Balaban J connectivity index is 2.43. The first-order chi connectivity index (χ1) is 9.52. The maximum absolute atomic E-state index is 13.4. The minimum Gasteiger partial charge on any atom is -0.494 e. The second-order valence-corrected chi connectivity index (χ2v) is 5.84. The Morgan fingerprint density at radius 2 is 2.00 bits per heavy atom. The van der Waals surface area contributed by atoms with Gasteiger partial charge in [0.2, 0.25) is 0 Å². The van der Waals surface area contributed by atoms with Gasteiger partial charge in [-0.3, -0.25) is 0 Å².